The first-order chi connectivity index (χ1) is 16.6. The summed E-state index contributed by atoms with van der Waals surface area (Å²) in [6, 6.07) is 20.1. The van der Waals surface area contributed by atoms with Gasteiger partial charge in [0, 0.05) is 30.0 Å². The first-order valence-corrected chi connectivity index (χ1v) is 11.4. The molecular formula is C28H28O6. The van der Waals surface area contributed by atoms with Gasteiger partial charge in [-0.1, -0.05) is 42.5 Å². The number of fused-ring (bicyclic) bond motifs is 1. The second kappa shape index (κ2) is 10.00. The van der Waals surface area contributed by atoms with Crippen LogP contribution >= 0.6 is 0 Å². The summed E-state index contributed by atoms with van der Waals surface area (Å²) < 4.78 is 23.5. The van der Waals surface area contributed by atoms with Crippen molar-refractivity contribution >= 4 is 12.1 Å². The van der Waals surface area contributed by atoms with Crippen molar-refractivity contribution in [2.24, 2.45) is 0 Å². The van der Waals surface area contributed by atoms with Gasteiger partial charge in [0.05, 0.1) is 20.3 Å². The molecule has 0 saturated heterocycles. The molecule has 0 radical (unpaired) electrons. The minimum Gasteiger partial charge on any atom is -0.497 e. The summed E-state index contributed by atoms with van der Waals surface area (Å²) in [6.07, 6.45) is 0.926. The highest BCUT2D eigenvalue weighted by atomic mass is 16.5. The van der Waals surface area contributed by atoms with E-state index < -0.39 is 11.5 Å². The zero-order valence-corrected chi connectivity index (χ0v) is 19.6. The molecule has 2 atom stereocenters. The van der Waals surface area contributed by atoms with Crippen molar-refractivity contribution in [3.05, 3.63) is 83.4 Å². The van der Waals surface area contributed by atoms with E-state index in [2.05, 4.69) is 0 Å². The monoisotopic (exact) mass is 460 g/mol. The molecule has 176 valence electrons. The lowest BCUT2D eigenvalue weighted by molar-refractivity contribution is -0.109. The van der Waals surface area contributed by atoms with Crippen LogP contribution in [0, 0.1) is 0 Å². The molecule has 0 aromatic heterocycles. The molecule has 1 unspecified atom stereocenters. The molecule has 0 spiro atoms. The molecule has 0 amide bonds. The maximum absolute atomic E-state index is 14.3. The van der Waals surface area contributed by atoms with Gasteiger partial charge in [0.15, 0.2) is 0 Å². The van der Waals surface area contributed by atoms with Gasteiger partial charge in [-0.25, -0.2) is 0 Å². The SMILES string of the molecule is CCOc1cc(OCC)c2c(c1)O[C@](c1ccc(OC)cc1)(C(CC=O)c1ccccc1)C2=O. The number of ether oxygens (including phenoxy) is 4. The number of hydrogen-bond donors (Lipinski definition) is 0. The van der Waals surface area contributed by atoms with Crippen LogP contribution < -0.4 is 18.9 Å². The Hall–Kier alpha value is -3.80. The van der Waals surface area contributed by atoms with Crippen molar-refractivity contribution in [3.8, 4) is 23.0 Å². The van der Waals surface area contributed by atoms with E-state index in [-0.39, 0.29) is 12.2 Å². The third-order valence-corrected chi connectivity index (χ3v) is 6.03. The highest BCUT2D eigenvalue weighted by Gasteiger charge is 2.56. The van der Waals surface area contributed by atoms with Crippen molar-refractivity contribution in [2.45, 2.75) is 31.8 Å². The van der Waals surface area contributed by atoms with E-state index >= 15 is 0 Å². The summed E-state index contributed by atoms with van der Waals surface area (Å²) >= 11 is 0. The van der Waals surface area contributed by atoms with Crippen LogP contribution in [-0.4, -0.2) is 32.4 Å². The predicted octanol–water partition coefficient (Wildman–Crippen LogP) is 5.34. The fourth-order valence-electron chi connectivity index (χ4n) is 4.57. The van der Waals surface area contributed by atoms with E-state index in [1.807, 2.05) is 56.3 Å². The molecule has 3 aromatic rings. The lowest BCUT2D eigenvalue weighted by Gasteiger charge is -2.35. The van der Waals surface area contributed by atoms with Gasteiger partial charge in [-0.3, -0.25) is 4.79 Å². The lowest BCUT2D eigenvalue weighted by atomic mass is 9.72. The summed E-state index contributed by atoms with van der Waals surface area (Å²) in [5, 5.41) is 0. The van der Waals surface area contributed by atoms with Crippen LogP contribution in [0.15, 0.2) is 66.7 Å². The van der Waals surface area contributed by atoms with Crippen molar-refractivity contribution in [1.29, 1.82) is 0 Å². The Kier molecular flexibility index (Phi) is 6.87. The third-order valence-electron chi connectivity index (χ3n) is 6.03. The van der Waals surface area contributed by atoms with E-state index in [0.717, 1.165) is 11.8 Å². The Labute approximate surface area is 199 Å². The molecule has 0 saturated carbocycles. The number of aldehydes is 1. The van der Waals surface area contributed by atoms with Gasteiger partial charge >= 0.3 is 0 Å². The zero-order valence-electron chi connectivity index (χ0n) is 19.6. The average molecular weight is 461 g/mol. The summed E-state index contributed by atoms with van der Waals surface area (Å²) in [7, 11) is 1.58. The molecule has 0 aliphatic carbocycles. The van der Waals surface area contributed by atoms with Gasteiger partial charge in [-0.05, 0) is 31.5 Å². The second-order valence-corrected chi connectivity index (χ2v) is 7.92. The maximum atomic E-state index is 14.3. The van der Waals surface area contributed by atoms with E-state index in [0.29, 0.717) is 47.3 Å². The molecule has 1 aliphatic rings. The van der Waals surface area contributed by atoms with Crippen LogP contribution in [0.25, 0.3) is 0 Å². The zero-order chi connectivity index (χ0) is 24.1. The van der Waals surface area contributed by atoms with Gasteiger partial charge in [-0.2, -0.15) is 0 Å². The van der Waals surface area contributed by atoms with Crippen molar-refractivity contribution in [2.75, 3.05) is 20.3 Å². The van der Waals surface area contributed by atoms with Crippen molar-refractivity contribution in [1.82, 2.24) is 0 Å². The van der Waals surface area contributed by atoms with Crippen molar-refractivity contribution in [3.63, 3.8) is 0 Å². The van der Waals surface area contributed by atoms with Crippen LogP contribution in [0.3, 0.4) is 0 Å². The van der Waals surface area contributed by atoms with Gasteiger partial charge < -0.3 is 23.7 Å². The maximum Gasteiger partial charge on any atom is 0.219 e. The molecule has 1 aliphatic heterocycles. The number of hydrogen-bond acceptors (Lipinski definition) is 6. The summed E-state index contributed by atoms with van der Waals surface area (Å²) in [6.45, 7) is 4.58. The van der Waals surface area contributed by atoms with Crippen LogP contribution in [0.4, 0.5) is 0 Å². The first kappa shape index (κ1) is 23.4. The van der Waals surface area contributed by atoms with Crippen LogP contribution in [-0.2, 0) is 10.4 Å². The van der Waals surface area contributed by atoms with Gasteiger partial charge in [-0.15, -0.1) is 0 Å². The van der Waals surface area contributed by atoms with Gasteiger partial charge in [0.25, 0.3) is 0 Å². The quantitative estimate of drug-likeness (QED) is 0.381. The summed E-state index contributed by atoms with van der Waals surface area (Å²) in [4.78, 5) is 26.2. The van der Waals surface area contributed by atoms with E-state index in [4.69, 9.17) is 18.9 Å². The van der Waals surface area contributed by atoms with E-state index in [9.17, 15) is 9.59 Å². The minimum absolute atomic E-state index is 0.0953. The molecule has 34 heavy (non-hydrogen) atoms. The van der Waals surface area contributed by atoms with Gasteiger partial charge in [0.1, 0.15) is 34.8 Å². The Morgan fingerprint density at radius 3 is 2.26 bits per heavy atom. The minimum atomic E-state index is -1.46. The highest BCUT2D eigenvalue weighted by molar-refractivity contribution is 6.11. The summed E-state index contributed by atoms with van der Waals surface area (Å²) in [5.41, 5.74) is 0.348. The second-order valence-electron chi connectivity index (χ2n) is 7.92. The average Bonchev–Trinajstić information content (AvgIpc) is 3.16. The number of rotatable bonds is 10. The normalized spacial score (nSPS) is 17.4. The van der Waals surface area contributed by atoms with Crippen LogP contribution in [0.2, 0.25) is 0 Å². The van der Waals surface area contributed by atoms with Gasteiger partial charge in [0.2, 0.25) is 11.4 Å². The van der Waals surface area contributed by atoms with E-state index in [1.165, 1.54) is 0 Å². The van der Waals surface area contributed by atoms with Crippen LogP contribution in [0.1, 0.15) is 47.7 Å². The number of methoxy groups -OCH3 is 1. The summed E-state index contributed by atoms with van der Waals surface area (Å²) in [5.74, 6) is 1.17. The Balaban J connectivity index is 1.96. The molecule has 6 nitrogen and oxygen atoms in total. The Bertz CT molecular complexity index is 1160. The number of carbonyl (C=O) groups is 2. The number of ketones is 1. The lowest BCUT2D eigenvalue weighted by Crippen LogP contribution is -2.43. The first-order valence-electron chi connectivity index (χ1n) is 11.4. The fraction of sp³-hybridized carbons (Fsp3) is 0.286. The standard InChI is InChI=1S/C28H28O6/c1-4-32-22-17-24(33-5-2)26-25(18-22)34-28(27(26)30,20-11-13-21(31-3)14-12-20)23(15-16-29)19-9-7-6-8-10-19/h6-14,16-18,23H,4-5,15H2,1-3H3/t23?,28-/m1/s1. The largest absolute Gasteiger partial charge is 0.497 e. The third kappa shape index (κ3) is 4.00. The number of benzene rings is 3. The molecule has 0 N–H and O–H groups in total. The highest BCUT2D eigenvalue weighted by Crippen LogP contribution is 2.54. The molecule has 0 fully saturated rings. The van der Waals surface area contributed by atoms with Crippen molar-refractivity contribution < 1.29 is 28.5 Å². The Morgan fingerprint density at radius 2 is 1.65 bits per heavy atom. The number of Topliss-reactive ketones (excluding diaryl/α,β-unsaturated/α-hetero) is 1. The molecule has 4 rings (SSSR count). The Morgan fingerprint density at radius 1 is 0.941 bits per heavy atom. The molecule has 1 heterocycles. The topological polar surface area (TPSA) is 71.1 Å². The fourth-order valence-corrected chi connectivity index (χ4v) is 4.57. The van der Waals surface area contributed by atoms with Crippen LogP contribution in [0.5, 0.6) is 23.0 Å². The smallest absolute Gasteiger partial charge is 0.219 e. The van der Waals surface area contributed by atoms with E-state index in [1.54, 1.807) is 31.4 Å². The molecular weight excluding hydrogens is 432 g/mol. The molecule has 3 aromatic carbocycles. The molecule has 6 heteroatoms. The number of carbonyl (C=O) groups excluding carboxylic acids is 2. The predicted molar refractivity (Wildman–Crippen MR) is 128 cm³/mol. The molecule has 0 bridgehead atoms.